The van der Waals surface area contributed by atoms with Gasteiger partial charge in [0.15, 0.2) is 0 Å². The van der Waals surface area contributed by atoms with Crippen LogP contribution in [0.15, 0.2) is 29.6 Å². The molecule has 1 aromatic carbocycles. The summed E-state index contributed by atoms with van der Waals surface area (Å²) in [6, 6.07) is 5.48. The van der Waals surface area contributed by atoms with Crippen LogP contribution in [0.5, 0.6) is 0 Å². The second kappa shape index (κ2) is 8.35. The molecule has 0 bridgehead atoms. The van der Waals surface area contributed by atoms with Crippen LogP contribution in [0, 0.1) is 5.82 Å². The molecule has 7 nitrogen and oxygen atoms in total. The molecule has 2 aromatic rings. The first-order valence-electron chi connectivity index (χ1n) is 9.80. The van der Waals surface area contributed by atoms with Gasteiger partial charge in [-0.15, -0.1) is 11.3 Å². The summed E-state index contributed by atoms with van der Waals surface area (Å²) in [4.78, 5) is 20.8. The van der Waals surface area contributed by atoms with Crippen LogP contribution in [0.3, 0.4) is 0 Å². The van der Waals surface area contributed by atoms with Gasteiger partial charge in [0, 0.05) is 37.2 Å². The summed E-state index contributed by atoms with van der Waals surface area (Å²) in [5.74, 6) is -0.404. The molecule has 1 aromatic heterocycles. The number of amides is 2. The van der Waals surface area contributed by atoms with Gasteiger partial charge in [0.1, 0.15) is 16.4 Å². The number of thiazole rings is 1. The van der Waals surface area contributed by atoms with Crippen molar-refractivity contribution in [2.75, 3.05) is 31.5 Å². The number of benzene rings is 1. The van der Waals surface area contributed by atoms with E-state index < -0.39 is 11.4 Å². The van der Waals surface area contributed by atoms with E-state index in [1.165, 1.54) is 23.5 Å². The quantitative estimate of drug-likeness (QED) is 0.707. The topological polar surface area (TPSA) is 88.9 Å². The predicted molar refractivity (Wildman–Crippen MR) is 108 cm³/mol. The minimum Gasteiger partial charge on any atom is -0.392 e. The second-order valence-corrected chi connectivity index (χ2v) is 8.71. The number of aromatic nitrogens is 1. The highest BCUT2D eigenvalue weighted by molar-refractivity contribution is 7.09. The Bertz CT molecular complexity index is 869. The number of rotatable bonds is 4. The zero-order chi connectivity index (χ0) is 20.4. The number of aliphatic hydroxyl groups is 2. The van der Waals surface area contributed by atoms with Crippen LogP contribution in [0.4, 0.5) is 14.9 Å². The van der Waals surface area contributed by atoms with Gasteiger partial charge in [0.25, 0.3) is 0 Å². The van der Waals surface area contributed by atoms with Gasteiger partial charge in [-0.1, -0.05) is 6.07 Å². The molecule has 156 valence electrons. The molecule has 0 spiro atoms. The van der Waals surface area contributed by atoms with Crippen molar-refractivity contribution in [1.29, 1.82) is 0 Å². The fraction of sp³-hybridized carbons (Fsp3) is 0.500. The van der Waals surface area contributed by atoms with Gasteiger partial charge in [-0.05, 0) is 37.5 Å². The molecule has 2 saturated heterocycles. The van der Waals surface area contributed by atoms with E-state index in [2.05, 4.69) is 15.2 Å². The number of halogens is 1. The summed E-state index contributed by atoms with van der Waals surface area (Å²) in [5, 5.41) is 26.2. The number of nitrogens with one attached hydrogen (secondary N) is 1. The third-order valence-corrected chi connectivity index (χ3v) is 6.42. The van der Waals surface area contributed by atoms with Crippen molar-refractivity contribution in [3.05, 3.63) is 46.2 Å². The number of piperidine rings is 1. The lowest BCUT2D eigenvalue weighted by atomic mass is 9.89. The molecule has 1 atom stereocenters. The van der Waals surface area contributed by atoms with Crippen molar-refractivity contribution >= 4 is 23.1 Å². The first kappa shape index (κ1) is 20.2. The van der Waals surface area contributed by atoms with E-state index in [-0.39, 0.29) is 12.1 Å². The normalized spacial score (nSPS) is 22.0. The van der Waals surface area contributed by atoms with Crippen LogP contribution in [0.1, 0.15) is 30.0 Å². The van der Waals surface area contributed by atoms with Gasteiger partial charge >= 0.3 is 6.03 Å². The molecule has 2 aliphatic rings. The Morgan fingerprint density at radius 1 is 1.34 bits per heavy atom. The van der Waals surface area contributed by atoms with Gasteiger partial charge in [-0.3, -0.25) is 4.90 Å². The summed E-state index contributed by atoms with van der Waals surface area (Å²) < 4.78 is 13.3. The average molecular weight is 421 g/mol. The molecule has 3 N–H and O–H groups in total. The monoisotopic (exact) mass is 420 g/mol. The molecule has 9 heteroatoms. The van der Waals surface area contributed by atoms with Crippen molar-refractivity contribution < 1.29 is 19.4 Å². The number of carbonyl (C=O) groups excluding carboxylic acids is 1. The highest BCUT2D eigenvalue weighted by Crippen LogP contribution is 2.34. The molecule has 2 amide bonds. The standard InChI is InChI=1S/C20H25FN4O3S/c21-14-2-1-3-15(10-14)22-19(27)25-8-5-20(28,6-9-25)17-13-29-18(23-17)12-24-7-4-16(26)11-24/h1-3,10,13,16,26,28H,4-9,11-12H2,(H,22,27)/t16-/m1/s1. The lowest BCUT2D eigenvalue weighted by Crippen LogP contribution is -2.46. The Morgan fingerprint density at radius 2 is 2.14 bits per heavy atom. The van der Waals surface area contributed by atoms with E-state index >= 15 is 0 Å². The van der Waals surface area contributed by atoms with Crippen LogP contribution in [-0.2, 0) is 12.1 Å². The molecule has 0 aliphatic carbocycles. The van der Waals surface area contributed by atoms with Crippen molar-refractivity contribution in [2.45, 2.75) is 37.5 Å². The fourth-order valence-corrected chi connectivity index (χ4v) is 4.78. The molecule has 0 unspecified atom stereocenters. The minimum atomic E-state index is -1.05. The number of hydrogen-bond donors (Lipinski definition) is 3. The van der Waals surface area contributed by atoms with E-state index in [0.29, 0.717) is 50.4 Å². The highest BCUT2D eigenvalue weighted by atomic mass is 32.1. The Kier molecular flexibility index (Phi) is 5.82. The van der Waals surface area contributed by atoms with Gasteiger partial charge in [0.05, 0.1) is 18.3 Å². The van der Waals surface area contributed by atoms with Crippen molar-refractivity contribution in [3.8, 4) is 0 Å². The summed E-state index contributed by atoms with van der Waals surface area (Å²) >= 11 is 1.52. The molecular formula is C20H25FN4O3S. The van der Waals surface area contributed by atoms with Gasteiger partial charge < -0.3 is 20.4 Å². The second-order valence-electron chi connectivity index (χ2n) is 7.76. The number of carbonyl (C=O) groups is 1. The molecule has 0 saturated carbocycles. The lowest BCUT2D eigenvalue weighted by Gasteiger charge is -2.37. The SMILES string of the molecule is O=C(Nc1cccc(F)c1)N1CCC(O)(c2csc(CN3CC[C@@H](O)C3)n2)CC1. The lowest BCUT2D eigenvalue weighted by molar-refractivity contribution is -0.0189. The van der Waals surface area contributed by atoms with E-state index in [9.17, 15) is 19.4 Å². The van der Waals surface area contributed by atoms with Crippen molar-refractivity contribution in [2.24, 2.45) is 0 Å². The number of urea groups is 1. The van der Waals surface area contributed by atoms with Crippen molar-refractivity contribution in [1.82, 2.24) is 14.8 Å². The Hall–Kier alpha value is -2.07. The molecule has 2 aliphatic heterocycles. The van der Waals surface area contributed by atoms with Crippen LogP contribution in [0.2, 0.25) is 0 Å². The predicted octanol–water partition coefficient (Wildman–Crippen LogP) is 2.36. The maximum absolute atomic E-state index is 13.3. The van der Waals surface area contributed by atoms with Gasteiger partial charge in [0.2, 0.25) is 0 Å². The van der Waals surface area contributed by atoms with Crippen LogP contribution < -0.4 is 5.32 Å². The fourth-order valence-electron chi connectivity index (χ4n) is 3.85. The van der Waals surface area contributed by atoms with Crippen LogP contribution in [-0.4, -0.2) is 63.3 Å². The number of likely N-dealkylation sites (tertiary alicyclic amines) is 2. The van der Waals surface area contributed by atoms with Gasteiger partial charge in [-0.2, -0.15) is 0 Å². The Balaban J connectivity index is 1.32. The number of hydrogen-bond acceptors (Lipinski definition) is 6. The number of anilines is 1. The van der Waals surface area contributed by atoms with Crippen molar-refractivity contribution in [3.63, 3.8) is 0 Å². The first-order chi connectivity index (χ1) is 13.9. The molecule has 3 heterocycles. The van der Waals surface area contributed by atoms with Crippen LogP contribution >= 0.6 is 11.3 Å². The molecular weight excluding hydrogens is 395 g/mol. The molecule has 2 fully saturated rings. The minimum absolute atomic E-state index is 0.263. The average Bonchev–Trinajstić information content (AvgIpc) is 3.32. The summed E-state index contributed by atoms with van der Waals surface area (Å²) in [5.41, 5.74) is 0.0176. The molecule has 0 radical (unpaired) electrons. The van der Waals surface area contributed by atoms with E-state index in [1.54, 1.807) is 17.0 Å². The Labute approximate surface area is 172 Å². The summed E-state index contributed by atoms with van der Waals surface area (Å²) in [6.45, 7) is 2.98. The van der Waals surface area contributed by atoms with Crippen LogP contribution in [0.25, 0.3) is 0 Å². The third-order valence-electron chi connectivity index (χ3n) is 5.59. The number of β-amino-alcohol motifs (C(OH)–C–C–N with tert-alkyl or cyclic N) is 1. The molecule has 4 rings (SSSR count). The zero-order valence-electron chi connectivity index (χ0n) is 16.1. The van der Waals surface area contributed by atoms with E-state index in [4.69, 9.17) is 0 Å². The maximum Gasteiger partial charge on any atom is 0.321 e. The third kappa shape index (κ3) is 4.75. The number of nitrogens with zero attached hydrogens (tertiary/aromatic N) is 3. The zero-order valence-corrected chi connectivity index (χ0v) is 16.9. The largest absolute Gasteiger partial charge is 0.392 e. The maximum atomic E-state index is 13.3. The Morgan fingerprint density at radius 3 is 2.83 bits per heavy atom. The number of aliphatic hydroxyl groups excluding tert-OH is 1. The summed E-state index contributed by atoms with van der Waals surface area (Å²) in [7, 11) is 0. The highest BCUT2D eigenvalue weighted by Gasteiger charge is 2.37. The van der Waals surface area contributed by atoms with Gasteiger partial charge in [-0.25, -0.2) is 14.2 Å². The first-order valence-corrected chi connectivity index (χ1v) is 10.7. The smallest absolute Gasteiger partial charge is 0.321 e. The molecule has 29 heavy (non-hydrogen) atoms. The summed E-state index contributed by atoms with van der Waals surface area (Å²) in [6.07, 6.45) is 1.32. The van der Waals surface area contributed by atoms with E-state index in [1.807, 2.05) is 5.38 Å². The van der Waals surface area contributed by atoms with E-state index in [0.717, 1.165) is 18.0 Å².